The molecule has 0 fully saturated rings. The Morgan fingerprint density at radius 1 is 1.18 bits per heavy atom. The van der Waals surface area contributed by atoms with Crippen molar-refractivity contribution in [2.75, 3.05) is 5.73 Å². The number of aromatic nitrogens is 4. The summed E-state index contributed by atoms with van der Waals surface area (Å²) in [7, 11) is 0. The van der Waals surface area contributed by atoms with Crippen LogP contribution < -0.4 is 5.73 Å². The molecule has 0 spiro atoms. The maximum atomic E-state index is 5.83. The topological polar surface area (TPSA) is 69.6 Å². The molecule has 5 heteroatoms. The average Bonchev–Trinajstić information content (AvgIpc) is 2.67. The molecule has 0 amide bonds. The average molecular weight is 225 g/mol. The maximum Gasteiger partial charge on any atom is 0.184 e. The summed E-state index contributed by atoms with van der Waals surface area (Å²) < 4.78 is 1.71. The van der Waals surface area contributed by atoms with E-state index in [1.807, 2.05) is 37.3 Å². The molecule has 0 saturated heterocycles. The van der Waals surface area contributed by atoms with Gasteiger partial charge in [-0.05, 0) is 19.1 Å². The largest absolute Gasteiger partial charge is 0.380 e. The summed E-state index contributed by atoms with van der Waals surface area (Å²) in [4.78, 5) is 8.69. The third-order valence-electron chi connectivity index (χ3n) is 2.53. The van der Waals surface area contributed by atoms with Gasteiger partial charge in [0.05, 0.1) is 11.4 Å². The van der Waals surface area contributed by atoms with E-state index in [-0.39, 0.29) is 0 Å². The van der Waals surface area contributed by atoms with Gasteiger partial charge in [-0.25, -0.2) is 14.6 Å². The first-order valence-corrected chi connectivity index (χ1v) is 5.29. The highest BCUT2D eigenvalue weighted by molar-refractivity contribution is 5.83. The van der Waals surface area contributed by atoms with Crippen LogP contribution in [0.4, 0.5) is 5.82 Å². The predicted octanol–water partition coefficient (Wildman–Crippen LogP) is 1.71. The van der Waals surface area contributed by atoms with Crippen LogP contribution >= 0.6 is 0 Å². The molecule has 5 nitrogen and oxygen atoms in total. The van der Waals surface area contributed by atoms with Crippen molar-refractivity contribution >= 4 is 17.0 Å². The maximum absolute atomic E-state index is 5.83. The lowest BCUT2D eigenvalue weighted by Crippen LogP contribution is -1.98. The highest BCUT2D eigenvalue weighted by Gasteiger charge is 2.11. The van der Waals surface area contributed by atoms with Crippen LogP contribution in [-0.2, 0) is 0 Å². The van der Waals surface area contributed by atoms with Crippen molar-refractivity contribution in [3.8, 4) is 5.69 Å². The minimum Gasteiger partial charge on any atom is -0.380 e. The summed E-state index contributed by atoms with van der Waals surface area (Å²) >= 11 is 0. The molecule has 0 unspecified atom stereocenters. The number of rotatable bonds is 1. The van der Waals surface area contributed by atoms with E-state index in [9.17, 15) is 0 Å². The van der Waals surface area contributed by atoms with E-state index in [1.54, 1.807) is 10.9 Å². The first kappa shape index (κ1) is 9.77. The van der Waals surface area contributed by atoms with Crippen LogP contribution in [0.25, 0.3) is 16.9 Å². The number of nitrogen functional groups attached to an aromatic ring is 1. The summed E-state index contributed by atoms with van der Waals surface area (Å²) in [6, 6.07) is 9.76. The van der Waals surface area contributed by atoms with Crippen molar-refractivity contribution in [1.29, 1.82) is 0 Å². The molecule has 0 aliphatic carbocycles. The van der Waals surface area contributed by atoms with Crippen molar-refractivity contribution in [3.63, 3.8) is 0 Å². The Hall–Kier alpha value is -2.43. The van der Waals surface area contributed by atoms with Crippen LogP contribution in [0.15, 0.2) is 36.5 Å². The molecule has 0 atom stereocenters. The fourth-order valence-corrected chi connectivity index (χ4v) is 1.74. The molecule has 2 aromatic heterocycles. The molecular formula is C12H11N5. The zero-order valence-corrected chi connectivity index (χ0v) is 9.33. The summed E-state index contributed by atoms with van der Waals surface area (Å²) in [6.45, 7) is 1.89. The van der Waals surface area contributed by atoms with Gasteiger partial charge in [-0.1, -0.05) is 18.2 Å². The van der Waals surface area contributed by atoms with Crippen LogP contribution in [0, 0.1) is 6.92 Å². The summed E-state index contributed by atoms with van der Waals surface area (Å²) in [6.07, 6.45) is 1.69. The van der Waals surface area contributed by atoms with Gasteiger partial charge in [0.2, 0.25) is 0 Å². The van der Waals surface area contributed by atoms with Crippen LogP contribution in [0.1, 0.15) is 5.69 Å². The van der Waals surface area contributed by atoms with Crippen molar-refractivity contribution in [2.45, 2.75) is 6.92 Å². The van der Waals surface area contributed by atoms with E-state index in [0.29, 0.717) is 17.0 Å². The molecule has 3 rings (SSSR count). The number of para-hydroxylation sites is 1. The molecule has 0 bridgehead atoms. The molecular weight excluding hydrogens is 214 g/mol. The Balaban J connectivity index is 2.34. The number of nitrogens with two attached hydrogens (primary N) is 1. The Morgan fingerprint density at radius 3 is 2.71 bits per heavy atom. The SMILES string of the molecule is Cc1cnc2c(N)nn(-c3ccccc3)c2n1. The van der Waals surface area contributed by atoms with Crippen LogP contribution in [0.5, 0.6) is 0 Å². The number of fused-ring (bicyclic) bond motifs is 1. The third-order valence-corrected chi connectivity index (χ3v) is 2.53. The molecule has 0 saturated carbocycles. The van der Waals surface area contributed by atoms with Gasteiger partial charge in [-0.2, -0.15) is 0 Å². The molecule has 17 heavy (non-hydrogen) atoms. The van der Waals surface area contributed by atoms with Gasteiger partial charge in [0.25, 0.3) is 0 Å². The fourth-order valence-electron chi connectivity index (χ4n) is 1.74. The van der Waals surface area contributed by atoms with Crippen LogP contribution in [0.3, 0.4) is 0 Å². The lowest BCUT2D eigenvalue weighted by Gasteiger charge is -2.01. The smallest absolute Gasteiger partial charge is 0.184 e. The lowest BCUT2D eigenvalue weighted by atomic mass is 10.3. The van der Waals surface area contributed by atoms with E-state index in [1.165, 1.54) is 0 Å². The van der Waals surface area contributed by atoms with Crippen molar-refractivity contribution in [3.05, 3.63) is 42.2 Å². The van der Waals surface area contributed by atoms with Gasteiger partial charge in [-0.15, -0.1) is 5.10 Å². The van der Waals surface area contributed by atoms with Crippen molar-refractivity contribution in [1.82, 2.24) is 19.7 Å². The normalized spacial score (nSPS) is 10.9. The third kappa shape index (κ3) is 1.52. The molecule has 0 aliphatic rings. The monoisotopic (exact) mass is 225 g/mol. The van der Waals surface area contributed by atoms with Gasteiger partial charge >= 0.3 is 0 Å². The molecule has 0 aliphatic heterocycles. The molecule has 1 aromatic carbocycles. The molecule has 84 valence electrons. The summed E-state index contributed by atoms with van der Waals surface area (Å²) in [5, 5.41) is 4.27. The van der Waals surface area contributed by atoms with E-state index < -0.39 is 0 Å². The Labute approximate surface area is 97.9 Å². The van der Waals surface area contributed by atoms with E-state index in [4.69, 9.17) is 5.73 Å². The second-order valence-corrected chi connectivity index (χ2v) is 3.82. The highest BCUT2D eigenvalue weighted by atomic mass is 15.3. The second-order valence-electron chi connectivity index (χ2n) is 3.82. The minimum atomic E-state index is 0.399. The van der Waals surface area contributed by atoms with Crippen molar-refractivity contribution < 1.29 is 0 Å². The molecule has 3 aromatic rings. The molecule has 0 radical (unpaired) electrons. The van der Waals surface area contributed by atoms with E-state index in [0.717, 1.165) is 11.4 Å². The Morgan fingerprint density at radius 2 is 1.94 bits per heavy atom. The number of aryl methyl sites for hydroxylation is 1. The Kier molecular flexibility index (Phi) is 2.04. The standard InChI is InChI=1S/C12H11N5/c1-8-7-14-10-11(13)16-17(12(10)15-8)9-5-3-2-4-6-9/h2-7H,1H3,(H2,13,16). The predicted molar refractivity (Wildman–Crippen MR) is 65.8 cm³/mol. The number of hydrogen-bond acceptors (Lipinski definition) is 4. The van der Waals surface area contributed by atoms with Gasteiger partial charge in [0.15, 0.2) is 17.0 Å². The van der Waals surface area contributed by atoms with Gasteiger partial charge < -0.3 is 5.73 Å². The van der Waals surface area contributed by atoms with Gasteiger partial charge in [-0.3, -0.25) is 0 Å². The van der Waals surface area contributed by atoms with Gasteiger partial charge in [0, 0.05) is 6.20 Å². The number of anilines is 1. The van der Waals surface area contributed by atoms with Crippen LogP contribution in [0.2, 0.25) is 0 Å². The number of hydrogen-bond donors (Lipinski definition) is 1. The summed E-state index contributed by atoms with van der Waals surface area (Å²) in [5.41, 5.74) is 8.92. The quantitative estimate of drug-likeness (QED) is 0.684. The lowest BCUT2D eigenvalue weighted by molar-refractivity contribution is 0.899. The first-order valence-electron chi connectivity index (χ1n) is 5.29. The van der Waals surface area contributed by atoms with E-state index in [2.05, 4.69) is 15.1 Å². The second kappa shape index (κ2) is 3.55. The van der Waals surface area contributed by atoms with Crippen molar-refractivity contribution in [2.24, 2.45) is 0 Å². The minimum absolute atomic E-state index is 0.399. The van der Waals surface area contributed by atoms with Crippen LogP contribution in [-0.4, -0.2) is 19.7 Å². The number of benzene rings is 1. The number of nitrogens with zero attached hydrogens (tertiary/aromatic N) is 4. The first-order chi connectivity index (χ1) is 8.25. The summed E-state index contributed by atoms with van der Waals surface area (Å²) in [5.74, 6) is 0.399. The zero-order chi connectivity index (χ0) is 11.8. The molecule has 2 heterocycles. The Bertz CT molecular complexity index is 672. The fraction of sp³-hybridized carbons (Fsp3) is 0.0833. The zero-order valence-electron chi connectivity index (χ0n) is 9.33. The van der Waals surface area contributed by atoms with Gasteiger partial charge in [0.1, 0.15) is 0 Å². The molecule has 2 N–H and O–H groups in total. The van der Waals surface area contributed by atoms with E-state index >= 15 is 0 Å². The highest BCUT2D eigenvalue weighted by Crippen LogP contribution is 2.19.